The Hall–Kier alpha value is -2.66. The molecule has 29 heavy (non-hydrogen) atoms. The van der Waals surface area contributed by atoms with Gasteiger partial charge in [-0.3, -0.25) is 19.4 Å². The maximum absolute atomic E-state index is 12.7. The average Bonchev–Trinajstić information content (AvgIpc) is 2.75. The van der Waals surface area contributed by atoms with Crippen molar-refractivity contribution in [1.82, 2.24) is 4.90 Å². The topological polar surface area (TPSA) is 43.9 Å². The van der Waals surface area contributed by atoms with E-state index < -0.39 is 0 Å². The predicted molar refractivity (Wildman–Crippen MR) is 118 cm³/mol. The lowest BCUT2D eigenvalue weighted by atomic mass is 10.0. The van der Waals surface area contributed by atoms with Crippen LogP contribution < -0.4 is 9.80 Å². The molecule has 1 atom stereocenters. The summed E-state index contributed by atoms with van der Waals surface area (Å²) in [6, 6.07) is 20.0. The van der Waals surface area contributed by atoms with Crippen molar-refractivity contribution in [3.8, 4) is 0 Å². The summed E-state index contributed by atoms with van der Waals surface area (Å²) >= 11 is 0. The van der Waals surface area contributed by atoms with Crippen LogP contribution in [0, 0.1) is 0 Å². The van der Waals surface area contributed by atoms with Gasteiger partial charge in [0.15, 0.2) is 0 Å². The molecule has 0 radical (unpaired) electrons. The molecule has 0 N–H and O–H groups in total. The van der Waals surface area contributed by atoms with E-state index in [2.05, 4.69) is 11.8 Å². The first-order valence-electron chi connectivity index (χ1n) is 10.5. The van der Waals surface area contributed by atoms with Gasteiger partial charge in [0.1, 0.15) is 0 Å². The summed E-state index contributed by atoms with van der Waals surface area (Å²) in [5.41, 5.74) is 1.89. The molecule has 1 saturated heterocycles. The van der Waals surface area contributed by atoms with Gasteiger partial charge in [0.05, 0.1) is 6.17 Å². The van der Waals surface area contributed by atoms with E-state index in [0.29, 0.717) is 6.42 Å². The molecular formula is C24H31N3O2. The minimum absolute atomic E-state index is 0.0251. The van der Waals surface area contributed by atoms with Gasteiger partial charge in [-0.2, -0.15) is 0 Å². The zero-order valence-corrected chi connectivity index (χ0v) is 17.6. The van der Waals surface area contributed by atoms with E-state index in [0.717, 1.165) is 37.3 Å². The molecule has 0 spiro atoms. The van der Waals surface area contributed by atoms with E-state index in [1.54, 1.807) is 6.92 Å². The Morgan fingerprint density at radius 3 is 1.97 bits per heavy atom. The highest BCUT2D eigenvalue weighted by Gasteiger charge is 2.32. The molecule has 2 amide bonds. The van der Waals surface area contributed by atoms with Crippen LogP contribution in [0.25, 0.3) is 0 Å². The molecule has 2 aromatic carbocycles. The van der Waals surface area contributed by atoms with Gasteiger partial charge < -0.3 is 4.90 Å². The van der Waals surface area contributed by atoms with Crippen molar-refractivity contribution < 1.29 is 9.59 Å². The third-order valence-electron chi connectivity index (χ3n) is 5.75. The molecule has 154 valence electrons. The van der Waals surface area contributed by atoms with Gasteiger partial charge in [-0.1, -0.05) is 43.3 Å². The fourth-order valence-electron chi connectivity index (χ4n) is 4.25. The normalized spacial score (nSPS) is 16.2. The van der Waals surface area contributed by atoms with Crippen LogP contribution in [0.2, 0.25) is 0 Å². The molecule has 2 aromatic rings. The maximum Gasteiger partial charge on any atom is 0.226 e. The van der Waals surface area contributed by atoms with Gasteiger partial charge in [0.25, 0.3) is 0 Å². The van der Waals surface area contributed by atoms with Gasteiger partial charge in [-0.15, -0.1) is 0 Å². The number of likely N-dealkylation sites (tertiary alicyclic amines) is 1. The van der Waals surface area contributed by atoms with Crippen LogP contribution in [-0.4, -0.2) is 42.0 Å². The van der Waals surface area contributed by atoms with Crippen LogP contribution in [0.1, 0.15) is 40.0 Å². The van der Waals surface area contributed by atoms with Crippen LogP contribution in [-0.2, 0) is 9.59 Å². The van der Waals surface area contributed by atoms with Crippen molar-refractivity contribution in [1.29, 1.82) is 0 Å². The highest BCUT2D eigenvalue weighted by molar-refractivity contribution is 5.94. The van der Waals surface area contributed by atoms with E-state index in [9.17, 15) is 9.59 Å². The molecule has 0 aliphatic carbocycles. The minimum atomic E-state index is -0.0251. The van der Waals surface area contributed by atoms with E-state index in [1.807, 2.05) is 77.4 Å². The quantitative estimate of drug-likeness (QED) is 0.735. The van der Waals surface area contributed by atoms with E-state index in [4.69, 9.17) is 0 Å². The lowest BCUT2D eigenvalue weighted by molar-refractivity contribution is -0.119. The number of piperidine rings is 1. The van der Waals surface area contributed by atoms with Crippen molar-refractivity contribution >= 4 is 23.2 Å². The highest BCUT2D eigenvalue weighted by Crippen LogP contribution is 2.27. The molecule has 1 aliphatic rings. The fraction of sp³-hybridized carbons (Fsp3) is 0.417. The number of hydrogen-bond donors (Lipinski definition) is 0. The summed E-state index contributed by atoms with van der Waals surface area (Å²) in [5.74, 6) is 0.204. The number of amides is 2. The van der Waals surface area contributed by atoms with Crippen molar-refractivity contribution in [2.45, 2.75) is 52.2 Å². The monoisotopic (exact) mass is 393 g/mol. The number of rotatable bonds is 6. The molecule has 1 fully saturated rings. The Kier molecular flexibility index (Phi) is 7.04. The van der Waals surface area contributed by atoms with Gasteiger partial charge in [-0.25, -0.2) is 0 Å². The number of para-hydroxylation sites is 2. The number of anilines is 2. The zero-order valence-electron chi connectivity index (χ0n) is 17.6. The van der Waals surface area contributed by atoms with Crippen LogP contribution in [0.15, 0.2) is 60.7 Å². The number of nitrogens with zero attached hydrogens (tertiary/aromatic N) is 3. The van der Waals surface area contributed by atoms with Gasteiger partial charge in [-0.05, 0) is 44.0 Å². The standard InChI is InChI=1S/C24H31N3O2/c1-4-24(29)27(22-13-9-6-10-14-22)23-15-17-25(18-16-23)19(2)26(20(3)28)21-11-7-5-8-12-21/h5-14,19,23H,4,15-18H2,1-3H3. The van der Waals surface area contributed by atoms with Crippen molar-refractivity contribution in [2.24, 2.45) is 0 Å². The Balaban J connectivity index is 1.71. The lowest BCUT2D eigenvalue weighted by Crippen LogP contribution is -2.54. The Bertz CT molecular complexity index is 801. The van der Waals surface area contributed by atoms with Gasteiger partial charge in [0, 0.05) is 43.9 Å². The van der Waals surface area contributed by atoms with Gasteiger partial charge in [0.2, 0.25) is 11.8 Å². The molecule has 0 aromatic heterocycles. The molecular weight excluding hydrogens is 362 g/mol. The molecule has 0 bridgehead atoms. The highest BCUT2D eigenvalue weighted by atomic mass is 16.2. The molecule has 1 unspecified atom stereocenters. The van der Waals surface area contributed by atoms with E-state index in [-0.39, 0.29) is 24.0 Å². The average molecular weight is 394 g/mol. The summed E-state index contributed by atoms with van der Waals surface area (Å²) < 4.78 is 0. The lowest BCUT2D eigenvalue weighted by Gasteiger charge is -2.43. The van der Waals surface area contributed by atoms with Crippen LogP contribution in [0.4, 0.5) is 11.4 Å². The number of carbonyl (C=O) groups excluding carboxylic acids is 2. The molecule has 0 saturated carbocycles. The fourth-order valence-corrected chi connectivity index (χ4v) is 4.25. The van der Waals surface area contributed by atoms with Crippen molar-refractivity contribution in [2.75, 3.05) is 22.9 Å². The van der Waals surface area contributed by atoms with Crippen molar-refractivity contribution in [3.63, 3.8) is 0 Å². The van der Waals surface area contributed by atoms with Crippen molar-refractivity contribution in [3.05, 3.63) is 60.7 Å². The number of carbonyl (C=O) groups is 2. The molecule has 5 heteroatoms. The van der Waals surface area contributed by atoms with Crippen LogP contribution >= 0.6 is 0 Å². The Morgan fingerprint density at radius 1 is 0.966 bits per heavy atom. The molecule has 5 nitrogen and oxygen atoms in total. The minimum Gasteiger partial charge on any atom is -0.309 e. The molecule has 1 heterocycles. The maximum atomic E-state index is 12.7. The van der Waals surface area contributed by atoms with Gasteiger partial charge >= 0.3 is 0 Å². The zero-order chi connectivity index (χ0) is 20.8. The largest absolute Gasteiger partial charge is 0.309 e. The first-order chi connectivity index (χ1) is 14.0. The predicted octanol–water partition coefficient (Wildman–Crippen LogP) is 4.29. The third kappa shape index (κ3) is 4.85. The second kappa shape index (κ2) is 9.70. The van der Waals surface area contributed by atoms with Crippen LogP contribution in [0.3, 0.4) is 0 Å². The molecule has 1 aliphatic heterocycles. The first-order valence-corrected chi connectivity index (χ1v) is 10.5. The van der Waals surface area contributed by atoms with E-state index >= 15 is 0 Å². The summed E-state index contributed by atoms with van der Waals surface area (Å²) in [5, 5.41) is 0. The SMILES string of the molecule is CCC(=O)N(c1ccccc1)C1CCN(C(C)N(C(C)=O)c2ccccc2)CC1. The number of benzene rings is 2. The Labute approximate surface area is 173 Å². The van der Waals surface area contributed by atoms with Crippen LogP contribution in [0.5, 0.6) is 0 Å². The smallest absolute Gasteiger partial charge is 0.226 e. The molecule has 3 rings (SSSR count). The summed E-state index contributed by atoms with van der Waals surface area (Å²) in [6.07, 6.45) is 2.26. The van der Waals surface area contributed by atoms with E-state index in [1.165, 1.54) is 0 Å². The second-order valence-corrected chi connectivity index (χ2v) is 7.58. The first kappa shape index (κ1) is 21.1. The summed E-state index contributed by atoms with van der Waals surface area (Å²) in [7, 11) is 0. The summed E-state index contributed by atoms with van der Waals surface area (Å²) in [6.45, 7) is 7.32. The summed E-state index contributed by atoms with van der Waals surface area (Å²) in [4.78, 5) is 31.2. The third-order valence-corrected chi connectivity index (χ3v) is 5.75. The number of hydrogen-bond acceptors (Lipinski definition) is 3. The second-order valence-electron chi connectivity index (χ2n) is 7.58. The Morgan fingerprint density at radius 2 is 1.48 bits per heavy atom.